The summed E-state index contributed by atoms with van der Waals surface area (Å²) in [4.78, 5) is 16.2. The van der Waals surface area contributed by atoms with Gasteiger partial charge in [0, 0.05) is 23.6 Å². The summed E-state index contributed by atoms with van der Waals surface area (Å²) in [5.74, 6) is -0.141. The van der Waals surface area contributed by atoms with Gasteiger partial charge < -0.3 is 10.6 Å². The van der Waals surface area contributed by atoms with Gasteiger partial charge >= 0.3 is 0 Å². The minimum atomic E-state index is -0.141. The van der Waals surface area contributed by atoms with Crippen LogP contribution in [0, 0.1) is 6.92 Å². The zero-order valence-corrected chi connectivity index (χ0v) is 12.7. The second-order valence-electron chi connectivity index (χ2n) is 5.15. The summed E-state index contributed by atoms with van der Waals surface area (Å²) in [6.07, 6.45) is 2.54. The lowest BCUT2D eigenvalue weighted by Crippen LogP contribution is -2.32. The molecule has 1 heterocycles. The minimum absolute atomic E-state index is 0.141. The van der Waals surface area contributed by atoms with Crippen molar-refractivity contribution >= 4 is 17.3 Å². The molecule has 1 amide bonds. The van der Waals surface area contributed by atoms with Crippen molar-refractivity contribution in [1.29, 1.82) is 0 Å². The van der Waals surface area contributed by atoms with E-state index in [1.165, 1.54) is 0 Å². The molecule has 0 aliphatic heterocycles. The third kappa shape index (κ3) is 4.05. The smallest absolute Gasteiger partial charge is 0.270 e. The second kappa shape index (κ2) is 6.88. The molecule has 1 unspecified atom stereocenters. The van der Waals surface area contributed by atoms with Gasteiger partial charge in [0.2, 0.25) is 0 Å². The van der Waals surface area contributed by atoms with Crippen LogP contribution >= 0.6 is 0 Å². The fraction of sp³-hybridized carbons (Fsp3) is 0.294. The van der Waals surface area contributed by atoms with Gasteiger partial charge in [-0.05, 0) is 44.0 Å². The lowest BCUT2D eigenvalue weighted by Gasteiger charge is -2.12. The second-order valence-corrected chi connectivity index (χ2v) is 5.15. The molecule has 21 heavy (non-hydrogen) atoms. The predicted molar refractivity (Wildman–Crippen MR) is 85.9 cm³/mol. The fourth-order valence-electron chi connectivity index (χ4n) is 1.90. The highest BCUT2D eigenvalue weighted by Crippen LogP contribution is 2.20. The molecular formula is C17H21N3O. The van der Waals surface area contributed by atoms with E-state index in [1.807, 2.05) is 51.1 Å². The van der Waals surface area contributed by atoms with Gasteiger partial charge in [0.05, 0.1) is 0 Å². The van der Waals surface area contributed by atoms with Gasteiger partial charge in [-0.2, -0.15) is 0 Å². The van der Waals surface area contributed by atoms with Crippen LogP contribution in [0.2, 0.25) is 0 Å². The van der Waals surface area contributed by atoms with E-state index in [2.05, 4.69) is 15.6 Å². The molecule has 0 fully saturated rings. The Morgan fingerprint density at radius 3 is 2.76 bits per heavy atom. The number of carbonyl (C=O) groups is 1. The molecule has 1 atom stereocenters. The summed E-state index contributed by atoms with van der Waals surface area (Å²) in [7, 11) is 0. The van der Waals surface area contributed by atoms with E-state index in [-0.39, 0.29) is 11.9 Å². The summed E-state index contributed by atoms with van der Waals surface area (Å²) < 4.78 is 0. The topological polar surface area (TPSA) is 54.0 Å². The highest BCUT2D eigenvalue weighted by atomic mass is 16.1. The summed E-state index contributed by atoms with van der Waals surface area (Å²) in [6, 6.07) is 11.8. The Bertz CT molecular complexity index is 625. The van der Waals surface area contributed by atoms with Crippen LogP contribution in [0.3, 0.4) is 0 Å². The summed E-state index contributed by atoms with van der Waals surface area (Å²) in [5, 5.41) is 6.23. The number of aryl methyl sites for hydroxylation is 1. The van der Waals surface area contributed by atoms with Crippen molar-refractivity contribution in [2.75, 3.05) is 5.32 Å². The van der Waals surface area contributed by atoms with Crippen molar-refractivity contribution < 1.29 is 4.79 Å². The van der Waals surface area contributed by atoms with Crippen LogP contribution < -0.4 is 10.6 Å². The van der Waals surface area contributed by atoms with E-state index in [0.717, 1.165) is 23.4 Å². The molecule has 0 saturated carbocycles. The number of carbonyl (C=O) groups excluding carboxylic acids is 1. The largest absolute Gasteiger partial charge is 0.355 e. The number of rotatable bonds is 5. The number of aromatic nitrogens is 1. The molecule has 4 heteroatoms. The average molecular weight is 283 g/mol. The van der Waals surface area contributed by atoms with Gasteiger partial charge in [-0.25, -0.2) is 0 Å². The maximum Gasteiger partial charge on any atom is 0.270 e. The molecule has 0 bridgehead atoms. The minimum Gasteiger partial charge on any atom is -0.355 e. The third-order valence-electron chi connectivity index (χ3n) is 3.41. The predicted octanol–water partition coefficient (Wildman–Crippen LogP) is 3.66. The molecular weight excluding hydrogens is 262 g/mol. The number of benzene rings is 1. The molecule has 4 nitrogen and oxygen atoms in total. The van der Waals surface area contributed by atoms with Crippen LogP contribution in [0.25, 0.3) is 0 Å². The van der Waals surface area contributed by atoms with Crippen LogP contribution in [0.5, 0.6) is 0 Å². The molecule has 1 aromatic heterocycles. The summed E-state index contributed by atoms with van der Waals surface area (Å²) >= 11 is 0. The van der Waals surface area contributed by atoms with E-state index < -0.39 is 0 Å². The Morgan fingerprint density at radius 2 is 2.05 bits per heavy atom. The monoisotopic (exact) mass is 283 g/mol. The van der Waals surface area contributed by atoms with Gasteiger partial charge in [-0.3, -0.25) is 9.78 Å². The number of hydrogen-bond acceptors (Lipinski definition) is 3. The first kappa shape index (κ1) is 15.0. The number of anilines is 2. The van der Waals surface area contributed by atoms with Crippen molar-refractivity contribution in [3.63, 3.8) is 0 Å². The summed E-state index contributed by atoms with van der Waals surface area (Å²) in [5.41, 5.74) is 3.46. The zero-order chi connectivity index (χ0) is 15.2. The van der Waals surface area contributed by atoms with Gasteiger partial charge in [0.15, 0.2) is 0 Å². The molecule has 0 aliphatic carbocycles. The van der Waals surface area contributed by atoms with E-state index >= 15 is 0 Å². The van der Waals surface area contributed by atoms with Crippen LogP contribution in [0.1, 0.15) is 36.3 Å². The van der Waals surface area contributed by atoms with Gasteiger partial charge in [0.25, 0.3) is 5.91 Å². The van der Waals surface area contributed by atoms with Crippen LogP contribution in [0.4, 0.5) is 11.4 Å². The zero-order valence-electron chi connectivity index (χ0n) is 12.7. The van der Waals surface area contributed by atoms with Crippen molar-refractivity contribution in [3.05, 3.63) is 53.9 Å². The van der Waals surface area contributed by atoms with E-state index in [4.69, 9.17) is 0 Å². The normalized spacial score (nSPS) is 11.8. The number of hydrogen-bond donors (Lipinski definition) is 2. The molecule has 2 aromatic rings. The van der Waals surface area contributed by atoms with Crippen LogP contribution in [-0.2, 0) is 0 Å². The highest BCUT2D eigenvalue weighted by molar-refractivity contribution is 5.93. The molecule has 110 valence electrons. The van der Waals surface area contributed by atoms with Gasteiger partial charge in [-0.1, -0.05) is 25.1 Å². The van der Waals surface area contributed by atoms with Gasteiger partial charge in [0.1, 0.15) is 5.69 Å². The Kier molecular flexibility index (Phi) is 4.93. The number of para-hydroxylation sites is 1. The SMILES string of the molecule is CCC(C)NC(=O)c1cc(Nc2ccccc2C)ccn1. The third-order valence-corrected chi connectivity index (χ3v) is 3.41. The number of nitrogens with zero attached hydrogens (tertiary/aromatic N) is 1. The standard InChI is InChI=1S/C17H21N3O/c1-4-13(3)19-17(21)16-11-14(9-10-18-16)20-15-8-6-5-7-12(15)2/h5-11,13H,4H2,1-3H3,(H,18,20)(H,19,21). The van der Waals surface area contributed by atoms with Gasteiger partial charge in [-0.15, -0.1) is 0 Å². The first-order chi connectivity index (χ1) is 10.1. The molecule has 0 radical (unpaired) electrons. The number of nitrogens with one attached hydrogen (secondary N) is 2. The van der Waals surface area contributed by atoms with Crippen molar-refractivity contribution in [2.45, 2.75) is 33.2 Å². The van der Waals surface area contributed by atoms with Crippen LogP contribution in [-0.4, -0.2) is 16.9 Å². The molecule has 0 saturated heterocycles. The Hall–Kier alpha value is -2.36. The Balaban J connectivity index is 2.14. The highest BCUT2D eigenvalue weighted by Gasteiger charge is 2.10. The van der Waals surface area contributed by atoms with Crippen molar-refractivity contribution in [2.24, 2.45) is 0 Å². The first-order valence-electron chi connectivity index (χ1n) is 7.19. The van der Waals surface area contributed by atoms with Crippen molar-refractivity contribution in [1.82, 2.24) is 10.3 Å². The molecule has 1 aromatic carbocycles. The van der Waals surface area contributed by atoms with Crippen LogP contribution in [0.15, 0.2) is 42.6 Å². The van der Waals surface area contributed by atoms with Crippen molar-refractivity contribution in [3.8, 4) is 0 Å². The lowest BCUT2D eigenvalue weighted by atomic mass is 10.2. The molecule has 2 N–H and O–H groups in total. The maximum atomic E-state index is 12.1. The number of pyridine rings is 1. The number of amides is 1. The fourth-order valence-corrected chi connectivity index (χ4v) is 1.90. The maximum absolute atomic E-state index is 12.1. The quantitative estimate of drug-likeness (QED) is 0.880. The first-order valence-corrected chi connectivity index (χ1v) is 7.19. The Labute approximate surface area is 125 Å². The lowest BCUT2D eigenvalue weighted by molar-refractivity contribution is 0.0934. The molecule has 0 spiro atoms. The van der Waals surface area contributed by atoms with E-state index in [0.29, 0.717) is 5.69 Å². The van der Waals surface area contributed by atoms with E-state index in [1.54, 1.807) is 12.3 Å². The summed E-state index contributed by atoms with van der Waals surface area (Å²) in [6.45, 7) is 6.06. The molecule has 0 aliphatic rings. The van der Waals surface area contributed by atoms with E-state index in [9.17, 15) is 4.79 Å². The Morgan fingerprint density at radius 1 is 1.29 bits per heavy atom. The average Bonchev–Trinajstić information content (AvgIpc) is 2.49. The molecule has 2 rings (SSSR count).